The fraction of sp³-hybridized carbons (Fsp3) is 0.417. The van der Waals surface area contributed by atoms with Gasteiger partial charge in [0.05, 0.1) is 6.61 Å². The summed E-state index contributed by atoms with van der Waals surface area (Å²) in [7, 11) is 0. The molecular weight excluding hydrogens is 222 g/mol. The highest BCUT2D eigenvalue weighted by Crippen LogP contribution is 2.17. The number of aliphatic hydroxyl groups excluding tert-OH is 3. The van der Waals surface area contributed by atoms with Gasteiger partial charge in [0.1, 0.15) is 12.2 Å². The lowest BCUT2D eigenvalue weighted by Gasteiger charge is -2.18. The number of rotatable bonds is 5. The molecule has 0 bridgehead atoms. The Bertz CT molecular complexity index is 363. The predicted octanol–water partition coefficient (Wildman–Crippen LogP) is -0.291. The van der Waals surface area contributed by atoms with E-state index in [1.807, 2.05) is 0 Å². The summed E-state index contributed by atoms with van der Waals surface area (Å²) in [5.74, 6) is -0.258. The van der Waals surface area contributed by atoms with Crippen molar-refractivity contribution in [3.63, 3.8) is 0 Å². The summed E-state index contributed by atoms with van der Waals surface area (Å²) in [5, 5.41) is 30.7. The zero-order valence-corrected chi connectivity index (χ0v) is 9.63. The Labute approximate surface area is 99.7 Å². The van der Waals surface area contributed by atoms with E-state index >= 15 is 0 Å². The van der Waals surface area contributed by atoms with Gasteiger partial charge in [-0.15, -0.1) is 0 Å². The highest BCUT2D eigenvalue weighted by molar-refractivity contribution is 5.72. The van der Waals surface area contributed by atoms with Gasteiger partial charge in [0.2, 0.25) is 5.91 Å². The van der Waals surface area contributed by atoms with Crippen molar-refractivity contribution in [1.82, 2.24) is 5.32 Å². The maximum absolute atomic E-state index is 10.7. The molecule has 0 saturated carbocycles. The predicted molar refractivity (Wildman–Crippen MR) is 62.0 cm³/mol. The van der Waals surface area contributed by atoms with Crippen LogP contribution in [0.3, 0.4) is 0 Å². The number of carbonyl (C=O) groups is 1. The second-order valence-corrected chi connectivity index (χ2v) is 3.85. The van der Waals surface area contributed by atoms with Gasteiger partial charge in [0.25, 0.3) is 0 Å². The molecule has 0 aliphatic carbocycles. The highest BCUT2D eigenvalue weighted by atomic mass is 16.3. The summed E-state index contributed by atoms with van der Waals surface area (Å²) in [6.45, 7) is 1.28. The van der Waals surface area contributed by atoms with E-state index in [0.29, 0.717) is 5.56 Å². The van der Waals surface area contributed by atoms with Crippen LogP contribution < -0.4 is 5.32 Å². The summed E-state index contributed by atoms with van der Waals surface area (Å²) in [4.78, 5) is 10.7. The molecule has 0 fully saturated rings. The van der Waals surface area contributed by atoms with Crippen molar-refractivity contribution in [3.05, 3.63) is 35.4 Å². The van der Waals surface area contributed by atoms with E-state index in [1.54, 1.807) is 24.3 Å². The Morgan fingerprint density at radius 1 is 1.29 bits per heavy atom. The first-order chi connectivity index (χ1) is 8.04. The normalized spacial score (nSPS) is 14.1. The van der Waals surface area contributed by atoms with Crippen LogP contribution >= 0.6 is 0 Å². The van der Waals surface area contributed by atoms with Crippen LogP contribution in [0.1, 0.15) is 24.2 Å². The van der Waals surface area contributed by atoms with Crippen LogP contribution in [-0.4, -0.2) is 33.9 Å². The number of aliphatic hydroxyl groups is 3. The van der Waals surface area contributed by atoms with Crippen molar-refractivity contribution in [3.8, 4) is 0 Å². The van der Waals surface area contributed by atoms with Crippen molar-refractivity contribution >= 4 is 5.91 Å². The van der Waals surface area contributed by atoms with Crippen molar-refractivity contribution in [2.75, 3.05) is 6.54 Å². The maximum atomic E-state index is 10.7. The molecule has 2 atom stereocenters. The molecule has 5 heteroatoms. The van der Waals surface area contributed by atoms with Gasteiger partial charge in [0.15, 0.2) is 0 Å². The molecule has 0 radical (unpaired) electrons. The fourth-order valence-corrected chi connectivity index (χ4v) is 1.40. The highest BCUT2D eigenvalue weighted by Gasteiger charge is 2.18. The van der Waals surface area contributed by atoms with Crippen LogP contribution in [0, 0.1) is 0 Å². The average Bonchev–Trinajstić information content (AvgIpc) is 2.35. The van der Waals surface area contributed by atoms with Crippen LogP contribution in [0.25, 0.3) is 0 Å². The Morgan fingerprint density at radius 2 is 1.88 bits per heavy atom. The quantitative estimate of drug-likeness (QED) is 0.568. The van der Waals surface area contributed by atoms with E-state index in [9.17, 15) is 15.0 Å². The summed E-state index contributed by atoms with van der Waals surface area (Å²) in [6, 6.07) is 6.60. The first kappa shape index (κ1) is 13.6. The largest absolute Gasteiger partial charge is 0.392 e. The molecule has 0 aliphatic heterocycles. The van der Waals surface area contributed by atoms with Crippen LogP contribution in [0.5, 0.6) is 0 Å². The number of hydrogen-bond acceptors (Lipinski definition) is 4. The van der Waals surface area contributed by atoms with Crippen molar-refractivity contribution in [2.24, 2.45) is 0 Å². The van der Waals surface area contributed by atoms with Gasteiger partial charge in [-0.2, -0.15) is 0 Å². The second kappa shape index (κ2) is 6.34. The Balaban J connectivity index is 2.60. The molecular formula is C12H17NO4. The van der Waals surface area contributed by atoms with E-state index in [4.69, 9.17) is 5.11 Å². The average molecular weight is 239 g/mol. The minimum Gasteiger partial charge on any atom is -0.392 e. The van der Waals surface area contributed by atoms with Crippen LogP contribution in [0.4, 0.5) is 0 Å². The Hall–Kier alpha value is -1.43. The van der Waals surface area contributed by atoms with Gasteiger partial charge in [0, 0.05) is 13.5 Å². The van der Waals surface area contributed by atoms with Crippen LogP contribution in [0.15, 0.2) is 24.3 Å². The summed E-state index contributed by atoms with van der Waals surface area (Å²) in [5.41, 5.74) is 1.28. The topological polar surface area (TPSA) is 89.8 Å². The number of carbonyl (C=O) groups excluding carboxylic acids is 1. The second-order valence-electron chi connectivity index (χ2n) is 3.85. The molecule has 0 spiro atoms. The van der Waals surface area contributed by atoms with E-state index < -0.39 is 12.2 Å². The summed E-state index contributed by atoms with van der Waals surface area (Å²) in [6.07, 6.45) is -2.12. The van der Waals surface area contributed by atoms with E-state index in [-0.39, 0.29) is 19.1 Å². The summed E-state index contributed by atoms with van der Waals surface area (Å²) >= 11 is 0. The molecule has 1 amide bonds. The number of amides is 1. The Kier molecular flexibility index (Phi) is 5.09. The lowest BCUT2D eigenvalue weighted by molar-refractivity contribution is -0.119. The number of hydrogen-bond donors (Lipinski definition) is 4. The molecule has 0 aliphatic rings. The maximum Gasteiger partial charge on any atom is 0.216 e. The monoisotopic (exact) mass is 239 g/mol. The first-order valence-electron chi connectivity index (χ1n) is 5.35. The molecule has 5 nitrogen and oxygen atoms in total. The van der Waals surface area contributed by atoms with E-state index in [0.717, 1.165) is 5.56 Å². The van der Waals surface area contributed by atoms with Gasteiger partial charge in [-0.05, 0) is 11.1 Å². The molecule has 4 N–H and O–H groups in total. The molecule has 1 rings (SSSR count). The summed E-state index contributed by atoms with van der Waals surface area (Å²) < 4.78 is 0. The number of nitrogens with one attached hydrogen (secondary N) is 1. The van der Waals surface area contributed by atoms with Crippen molar-refractivity contribution in [2.45, 2.75) is 25.7 Å². The van der Waals surface area contributed by atoms with Gasteiger partial charge in [-0.1, -0.05) is 24.3 Å². The first-order valence-corrected chi connectivity index (χ1v) is 5.35. The molecule has 0 saturated heterocycles. The van der Waals surface area contributed by atoms with Gasteiger partial charge in [-0.25, -0.2) is 0 Å². The molecule has 1 aromatic carbocycles. The van der Waals surface area contributed by atoms with Crippen LogP contribution in [0.2, 0.25) is 0 Å². The lowest BCUT2D eigenvalue weighted by atomic mass is 10.0. The van der Waals surface area contributed by atoms with E-state index in [1.165, 1.54) is 6.92 Å². The molecule has 94 valence electrons. The van der Waals surface area contributed by atoms with Gasteiger partial charge < -0.3 is 20.6 Å². The molecule has 0 aromatic heterocycles. The SMILES string of the molecule is CC(=O)NCC(O)C(O)c1ccc(CO)cc1. The third kappa shape index (κ3) is 4.14. The minimum atomic E-state index is -1.06. The zero-order chi connectivity index (χ0) is 12.8. The molecule has 0 heterocycles. The van der Waals surface area contributed by atoms with Crippen molar-refractivity contribution in [1.29, 1.82) is 0 Å². The van der Waals surface area contributed by atoms with Crippen LogP contribution in [-0.2, 0) is 11.4 Å². The molecule has 2 unspecified atom stereocenters. The lowest BCUT2D eigenvalue weighted by Crippen LogP contribution is -2.34. The Morgan fingerprint density at radius 3 is 2.35 bits per heavy atom. The fourth-order valence-electron chi connectivity index (χ4n) is 1.40. The number of benzene rings is 1. The van der Waals surface area contributed by atoms with Gasteiger partial charge in [-0.3, -0.25) is 4.79 Å². The van der Waals surface area contributed by atoms with Gasteiger partial charge >= 0.3 is 0 Å². The zero-order valence-electron chi connectivity index (χ0n) is 9.63. The smallest absolute Gasteiger partial charge is 0.216 e. The minimum absolute atomic E-state index is 0.00173. The third-order valence-electron chi connectivity index (χ3n) is 2.43. The standard InChI is InChI=1S/C12H17NO4/c1-8(15)13-6-11(16)12(17)10-4-2-9(7-14)3-5-10/h2-5,11-12,14,16-17H,6-7H2,1H3,(H,13,15). The molecule has 1 aromatic rings. The van der Waals surface area contributed by atoms with Crippen molar-refractivity contribution < 1.29 is 20.1 Å². The molecule has 17 heavy (non-hydrogen) atoms. The van der Waals surface area contributed by atoms with E-state index in [2.05, 4.69) is 5.32 Å². The third-order valence-corrected chi connectivity index (χ3v) is 2.43.